The first-order chi connectivity index (χ1) is 57.7. The molecule has 8 amide bonds. The molecule has 0 aliphatic carbocycles. The van der Waals surface area contributed by atoms with Crippen LogP contribution in [0, 0.1) is 35.0 Å². The molecule has 5 fully saturated rings. The number of imide groups is 1. The van der Waals surface area contributed by atoms with E-state index in [-0.39, 0.29) is 96.8 Å². The molecule has 1 unspecified atom stereocenters. The number of carbonyl (C=O) groups is 14. The first-order valence-electron chi connectivity index (χ1n) is 43.8. The van der Waals surface area contributed by atoms with Gasteiger partial charge in [0.15, 0.2) is 0 Å². The van der Waals surface area contributed by atoms with Gasteiger partial charge in [-0.05, 0) is 300 Å². The maximum Gasteiger partial charge on any atom is 0.410 e. The zero-order chi connectivity index (χ0) is 95.8. The number of carboxylic acids is 1. The molecule has 7 heterocycles. The van der Waals surface area contributed by atoms with Crippen molar-refractivity contribution < 1.29 is 119 Å². The molecule has 5 saturated heterocycles. The number of amides is 8. The third-order valence-corrected chi connectivity index (χ3v) is 21.9. The largest absolute Gasteiger partial charge is 0.478 e. The predicted molar refractivity (Wildman–Crippen MR) is 477 cm³/mol. The minimum Gasteiger partial charge on any atom is -0.478 e. The highest BCUT2D eigenvalue weighted by Crippen LogP contribution is 2.53. The number of allylic oxidation sites excluding steroid dienone is 4. The van der Waals surface area contributed by atoms with Crippen molar-refractivity contribution in [3.05, 3.63) is 70.9 Å². The standard InChI is InChI=1S/C19H28N2O4.C19H31NO5.C16H27NO4.C14H23NO4.C11H19NO3.C8H17O4P.C5H7NO/c1-14(17(23)21-10-6-5-7-16(21)22)13-15-8-11-20(12-9-15)18(24)25-19(2,3)4;1-13(15(21)24-16(22)18(2,3)4)12-14-8-10-20(11-9-14)17(23)25-19(5,6)7;1-6-20-14(18)12(2)11-13-7-9-17(10-8-13)15(19)21-16(3,4)5;1-10(12(16)17)9-11-5-7-15(8-6-11)13(18)19-14(2,3)4;1-11(2,3)15-10(14)12-6-4-9(8-13)5-7-12;1-5-11-13(10,12-6-2)8(4)7(3)9;7-5-3-1-2-4-6-5/h5,7,13,15H,6,8-12H2,1-4H3;12,14H,8-11H2,1-7H3;11,13H,6-10H2,1-5H3;9,11H,5-8H2,1-4H3,(H,16,17);8-9H,4-7H2,1-3H3;8H,5-6H2,1-4H3;1,3H,2,4H2,(H,6,7)/b14-13-;13-12-;12-11-;10-9-;;;. The molecule has 0 aromatic carbocycles. The number of hydrogen-bond acceptors (Lipinski definition) is 24. The number of nitrogens with zero attached hydrogens (tertiary/aromatic N) is 6. The van der Waals surface area contributed by atoms with E-state index in [1.165, 1.54) is 17.9 Å². The summed E-state index contributed by atoms with van der Waals surface area (Å²) in [6.45, 7) is 56.2. The molecular formula is C92H152N7O25P. The van der Waals surface area contributed by atoms with Crippen LogP contribution < -0.4 is 5.32 Å². The summed E-state index contributed by atoms with van der Waals surface area (Å²) in [6.07, 6.45) is 23.3. The van der Waals surface area contributed by atoms with Crippen LogP contribution in [0.1, 0.15) is 264 Å². The average molecular weight is 1790 g/mol. The Morgan fingerprint density at radius 1 is 0.440 bits per heavy atom. The fraction of sp³-hybridized carbons (Fsp3) is 0.717. The van der Waals surface area contributed by atoms with Crippen molar-refractivity contribution in [2.75, 3.05) is 98.4 Å². The number of aliphatic carboxylic acids is 1. The summed E-state index contributed by atoms with van der Waals surface area (Å²) in [5, 5.41) is 11.5. The number of esters is 3. The lowest BCUT2D eigenvalue weighted by atomic mass is 9.94. The summed E-state index contributed by atoms with van der Waals surface area (Å²) in [7, 11) is -3.22. The maximum atomic E-state index is 12.4. The van der Waals surface area contributed by atoms with Crippen LogP contribution in [0.3, 0.4) is 0 Å². The van der Waals surface area contributed by atoms with Crippen molar-refractivity contribution in [2.45, 2.75) is 298 Å². The number of rotatable bonds is 16. The molecule has 7 rings (SSSR count). The Kier molecular flexibility index (Phi) is 49.4. The van der Waals surface area contributed by atoms with E-state index in [0.717, 1.165) is 83.5 Å². The van der Waals surface area contributed by atoms with E-state index in [4.69, 9.17) is 47.3 Å². The topological polar surface area (TPSA) is 391 Å². The van der Waals surface area contributed by atoms with Crippen LogP contribution in [0.5, 0.6) is 0 Å². The number of ketones is 1. The van der Waals surface area contributed by atoms with Crippen molar-refractivity contribution in [1.29, 1.82) is 0 Å². The highest BCUT2D eigenvalue weighted by Gasteiger charge is 2.37. The lowest BCUT2D eigenvalue weighted by molar-refractivity contribution is -0.163. The second-order valence-electron chi connectivity index (χ2n) is 37.6. The molecule has 125 heavy (non-hydrogen) atoms. The first-order valence-corrected chi connectivity index (χ1v) is 45.4. The molecule has 32 nitrogen and oxygen atoms in total. The van der Waals surface area contributed by atoms with E-state index in [1.807, 2.05) is 128 Å². The number of hydrogen-bond donors (Lipinski definition) is 2. The van der Waals surface area contributed by atoms with Crippen molar-refractivity contribution in [1.82, 2.24) is 34.7 Å². The lowest BCUT2D eigenvalue weighted by Crippen LogP contribution is -2.42. The number of aldehydes is 1. The van der Waals surface area contributed by atoms with Crippen LogP contribution in [0.25, 0.3) is 0 Å². The van der Waals surface area contributed by atoms with E-state index in [2.05, 4.69) is 5.32 Å². The number of piperidine rings is 5. The van der Waals surface area contributed by atoms with Crippen molar-refractivity contribution in [3.8, 4) is 0 Å². The summed E-state index contributed by atoms with van der Waals surface area (Å²) >= 11 is 0. The highest BCUT2D eigenvalue weighted by atomic mass is 31.2. The Hall–Kier alpha value is -9.03. The number of ether oxygens (including phenoxy) is 7. The molecule has 0 aromatic heterocycles. The number of carbonyl (C=O) groups excluding carboxylic acids is 13. The minimum absolute atomic E-state index is 0.0336. The molecule has 0 bridgehead atoms. The second kappa shape index (κ2) is 54.2. The van der Waals surface area contributed by atoms with Gasteiger partial charge in [-0.25, -0.2) is 38.4 Å². The van der Waals surface area contributed by atoms with E-state index >= 15 is 0 Å². The monoisotopic (exact) mass is 1790 g/mol. The number of nitrogens with one attached hydrogen (secondary N) is 1. The quantitative estimate of drug-likeness (QED) is 0.0362. The van der Waals surface area contributed by atoms with Crippen LogP contribution in [-0.2, 0) is 89.9 Å². The zero-order valence-electron chi connectivity index (χ0n) is 80.1. The van der Waals surface area contributed by atoms with E-state index < -0.39 is 64.6 Å². The normalized spacial score (nSPS) is 18.0. The van der Waals surface area contributed by atoms with Gasteiger partial charge in [0.1, 0.15) is 45.7 Å². The van der Waals surface area contributed by atoms with E-state index in [9.17, 15) is 71.7 Å². The van der Waals surface area contributed by atoms with Crippen LogP contribution in [0.4, 0.5) is 24.0 Å². The van der Waals surface area contributed by atoms with Gasteiger partial charge in [-0.1, -0.05) is 36.5 Å². The van der Waals surface area contributed by atoms with E-state index in [1.54, 1.807) is 119 Å². The molecule has 7 aliphatic heterocycles. The van der Waals surface area contributed by atoms with Crippen molar-refractivity contribution in [3.63, 3.8) is 0 Å². The molecule has 0 spiro atoms. The van der Waals surface area contributed by atoms with Gasteiger partial charge < -0.3 is 81.9 Å². The van der Waals surface area contributed by atoms with Crippen LogP contribution in [0.2, 0.25) is 0 Å². The summed E-state index contributed by atoms with van der Waals surface area (Å²) < 4.78 is 58.4. The maximum absolute atomic E-state index is 12.4. The number of Topliss-reactive ketones (excluding diaryl/α,β-unsaturated/α-hetero) is 1. The summed E-state index contributed by atoms with van der Waals surface area (Å²) in [6, 6.07) is 0. The van der Waals surface area contributed by atoms with Gasteiger partial charge in [0.05, 0.1) is 25.2 Å². The zero-order valence-corrected chi connectivity index (χ0v) is 81.0. The second-order valence-corrected chi connectivity index (χ2v) is 40.0. The van der Waals surface area contributed by atoms with Gasteiger partial charge in [-0.15, -0.1) is 0 Å². The Balaban J connectivity index is 0.000000746. The first kappa shape index (κ1) is 114. The van der Waals surface area contributed by atoms with Gasteiger partial charge in [0.25, 0.3) is 11.8 Å². The van der Waals surface area contributed by atoms with Gasteiger partial charge >= 0.3 is 61.9 Å². The van der Waals surface area contributed by atoms with Gasteiger partial charge in [-0.2, -0.15) is 0 Å². The van der Waals surface area contributed by atoms with Crippen molar-refractivity contribution >= 4 is 91.7 Å². The Bertz CT molecular complexity index is 3770. The smallest absolute Gasteiger partial charge is 0.410 e. The summed E-state index contributed by atoms with van der Waals surface area (Å²) in [5.74, 6) is -1.81. The SMILES string of the molecule is C/C(=C/C1CCN(C(=O)OC(C)(C)C)CC1)C(=O)N1CCC=CC1=O.C/C(=C/C1CCN(C(=O)OC(C)(C)C)CC1)C(=O)O.C/C(=C/C1CCN(C(=O)OC(C)(C)C)CC1)C(=O)OC(=O)C(C)(C)C.CC(C)(C)OC(=O)N1CCC(C=O)CC1.CCOC(=O)/C(C)=C\C1CCN(C(=O)OC(C)(C)C)CC1.CCOP(=O)(OCC)C(C)C(C)=O.O=C1C=CCCN1. The Morgan fingerprint density at radius 3 is 0.992 bits per heavy atom. The van der Waals surface area contributed by atoms with E-state index in [0.29, 0.717) is 113 Å². The third-order valence-electron chi connectivity index (χ3n) is 19.3. The van der Waals surface area contributed by atoms with Gasteiger partial charge in [0.2, 0.25) is 5.91 Å². The molecule has 2 N–H and O–H groups in total. The molecule has 33 heteroatoms. The molecule has 0 saturated carbocycles. The third kappa shape index (κ3) is 48.5. The van der Waals surface area contributed by atoms with Crippen LogP contribution in [-0.4, -0.2) is 251 Å². The van der Waals surface area contributed by atoms with Crippen molar-refractivity contribution in [2.24, 2.45) is 35.0 Å². The average Bonchev–Trinajstić information content (AvgIpc) is 0.839. The molecule has 7 aliphatic rings. The minimum atomic E-state index is -3.22. The summed E-state index contributed by atoms with van der Waals surface area (Å²) in [4.78, 5) is 171. The molecular weight excluding hydrogens is 1630 g/mol. The molecule has 0 radical (unpaired) electrons. The van der Waals surface area contributed by atoms with Crippen LogP contribution in [0.15, 0.2) is 70.9 Å². The molecule has 1 atom stereocenters. The number of likely N-dealkylation sites (tertiary alicyclic amines) is 5. The Morgan fingerprint density at radius 2 is 0.744 bits per heavy atom. The van der Waals surface area contributed by atoms with Gasteiger partial charge in [0, 0.05) is 107 Å². The predicted octanol–water partition coefficient (Wildman–Crippen LogP) is 16.5. The fourth-order valence-electron chi connectivity index (χ4n) is 12.5. The molecule has 710 valence electrons. The fourth-order valence-corrected chi connectivity index (χ4v) is 14.2. The van der Waals surface area contributed by atoms with Gasteiger partial charge in [-0.3, -0.25) is 33.4 Å². The van der Waals surface area contributed by atoms with Crippen LogP contribution >= 0.6 is 7.60 Å². The summed E-state index contributed by atoms with van der Waals surface area (Å²) in [5.41, 5.74) is -1.74. The highest BCUT2D eigenvalue weighted by molar-refractivity contribution is 7.55. The lowest BCUT2D eigenvalue weighted by Gasteiger charge is -2.32. The number of carboxylic acid groups (broad SMARTS) is 1. The Labute approximate surface area is 743 Å². The molecule has 0 aromatic rings.